The highest BCUT2D eigenvalue weighted by Gasteiger charge is 2.35. The van der Waals surface area contributed by atoms with Gasteiger partial charge in [-0.05, 0) is 25.0 Å². The molecule has 126 valence electrons. The minimum atomic E-state index is -3.60. The van der Waals surface area contributed by atoms with Crippen LogP contribution < -0.4 is 4.74 Å². The number of hydrogen-bond acceptors (Lipinski definition) is 4. The number of hydrogen-bond donors (Lipinski definition) is 0. The molecule has 1 aliphatic heterocycles. The van der Waals surface area contributed by atoms with Gasteiger partial charge in [-0.1, -0.05) is 18.6 Å². The fourth-order valence-electron chi connectivity index (χ4n) is 3.03. The van der Waals surface area contributed by atoms with Crippen LogP contribution in [0.3, 0.4) is 0 Å². The Balaban J connectivity index is 1.70. The Morgan fingerprint density at radius 3 is 2.35 bits per heavy atom. The van der Waals surface area contributed by atoms with Crippen LogP contribution in [0.1, 0.15) is 19.3 Å². The molecular weight excluding hydrogens is 316 g/mol. The Morgan fingerprint density at radius 2 is 1.78 bits per heavy atom. The van der Waals surface area contributed by atoms with Gasteiger partial charge < -0.3 is 9.64 Å². The van der Waals surface area contributed by atoms with Gasteiger partial charge in [0.05, 0.1) is 7.11 Å². The number of methoxy groups -OCH3 is 1. The SMILES string of the molecule is COc1ccccc1S(=O)(=O)N1CCN(C(=O)C2CCC2)CC1. The second-order valence-electron chi connectivity index (χ2n) is 6.01. The Morgan fingerprint density at radius 1 is 1.13 bits per heavy atom. The van der Waals surface area contributed by atoms with Gasteiger partial charge in [0.25, 0.3) is 0 Å². The monoisotopic (exact) mass is 338 g/mol. The molecule has 0 aromatic heterocycles. The van der Waals surface area contributed by atoms with E-state index in [2.05, 4.69) is 0 Å². The lowest BCUT2D eigenvalue weighted by Crippen LogP contribution is -2.52. The Kier molecular flexibility index (Phi) is 4.59. The number of piperazine rings is 1. The van der Waals surface area contributed by atoms with E-state index in [0.29, 0.717) is 31.9 Å². The van der Waals surface area contributed by atoms with E-state index in [1.54, 1.807) is 29.2 Å². The molecule has 1 heterocycles. The molecule has 0 radical (unpaired) electrons. The molecule has 0 N–H and O–H groups in total. The molecule has 0 spiro atoms. The standard InChI is InChI=1S/C16H22N2O4S/c1-22-14-7-2-3-8-15(14)23(20,21)18-11-9-17(10-12-18)16(19)13-5-4-6-13/h2-3,7-8,13H,4-6,9-12H2,1H3. The smallest absolute Gasteiger partial charge is 0.246 e. The molecule has 1 aliphatic carbocycles. The van der Waals surface area contributed by atoms with Gasteiger partial charge >= 0.3 is 0 Å². The van der Waals surface area contributed by atoms with Crippen LogP contribution in [0.4, 0.5) is 0 Å². The fraction of sp³-hybridized carbons (Fsp3) is 0.562. The van der Waals surface area contributed by atoms with Gasteiger partial charge in [-0.2, -0.15) is 4.31 Å². The Labute approximate surface area is 137 Å². The summed E-state index contributed by atoms with van der Waals surface area (Å²) in [6.07, 6.45) is 3.07. The van der Waals surface area contributed by atoms with Crippen LogP contribution in [0, 0.1) is 5.92 Å². The largest absolute Gasteiger partial charge is 0.495 e. The molecule has 0 unspecified atom stereocenters. The van der Waals surface area contributed by atoms with E-state index in [0.717, 1.165) is 19.3 Å². The topological polar surface area (TPSA) is 66.9 Å². The third-order valence-corrected chi connectivity index (χ3v) is 6.63. The minimum absolute atomic E-state index is 0.160. The van der Waals surface area contributed by atoms with Gasteiger partial charge in [0.15, 0.2) is 0 Å². The first-order chi connectivity index (χ1) is 11.0. The van der Waals surface area contributed by atoms with E-state index in [9.17, 15) is 13.2 Å². The summed E-state index contributed by atoms with van der Waals surface area (Å²) in [5.74, 6) is 0.693. The summed E-state index contributed by atoms with van der Waals surface area (Å²) in [5.41, 5.74) is 0. The molecule has 0 bridgehead atoms. The number of ether oxygens (including phenoxy) is 1. The molecule has 23 heavy (non-hydrogen) atoms. The van der Waals surface area contributed by atoms with E-state index < -0.39 is 10.0 Å². The van der Waals surface area contributed by atoms with Gasteiger partial charge in [0.1, 0.15) is 10.6 Å². The zero-order chi connectivity index (χ0) is 16.4. The van der Waals surface area contributed by atoms with Crippen LogP contribution in [-0.4, -0.2) is 56.8 Å². The van der Waals surface area contributed by atoms with Crippen molar-refractivity contribution in [3.05, 3.63) is 24.3 Å². The lowest BCUT2D eigenvalue weighted by Gasteiger charge is -2.37. The third-order valence-electron chi connectivity index (χ3n) is 4.69. The first-order valence-corrected chi connectivity index (χ1v) is 9.40. The summed E-state index contributed by atoms with van der Waals surface area (Å²) >= 11 is 0. The molecule has 1 amide bonds. The maximum atomic E-state index is 12.8. The summed E-state index contributed by atoms with van der Waals surface area (Å²) in [7, 11) is -2.13. The zero-order valence-electron chi connectivity index (χ0n) is 13.3. The fourth-order valence-corrected chi connectivity index (χ4v) is 4.61. The van der Waals surface area contributed by atoms with Gasteiger partial charge in [-0.15, -0.1) is 0 Å². The summed E-state index contributed by atoms with van der Waals surface area (Å²) in [5, 5.41) is 0. The molecule has 6 nitrogen and oxygen atoms in total. The summed E-state index contributed by atoms with van der Waals surface area (Å²) in [6.45, 7) is 1.59. The molecule has 3 rings (SSSR count). The highest BCUT2D eigenvalue weighted by atomic mass is 32.2. The first-order valence-electron chi connectivity index (χ1n) is 7.96. The van der Waals surface area contributed by atoms with E-state index in [-0.39, 0.29) is 16.7 Å². The predicted octanol–water partition coefficient (Wildman–Crippen LogP) is 1.33. The average Bonchev–Trinajstić information content (AvgIpc) is 2.53. The molecule has 1 saturated carbocycles. The Hall–Kier alpha value is -1.60. The van der Waals surface area contributed by atoms with Crippen LogP contribution in [-0.2, 0) is 14.8 Å². The summed E-state index contributed by atoms with van der Waals surface area (Å²) in [6, 6.07) is 6.63. The molecule has 1 aromatic rings. The van der Waals surface area contributed by atoms with Gasteiger partial charge in [0, 0.05) is 32.1 Å². The van der Waals surface area contributed by atoms with Crippen molar-refractivity contribution in [2.75, 3.05) is 33.3 Å². The molecular formula is C16H22N2O4S. The second kappa shape index (κ2) is 6.49. The number of nitrogens with zero attached hydrogens (tertiary/aromatic N) is 2. The number of carbonyl (C=O) groups excluding carboxylic acids is 1. The molecule has 2 aliphatic rings. The highest BCUT2D eigenvalue weighted by Crippen LogP contribution is 2.30. The normalized spacial score (nSPS) is 20.1. The molecule has 1 aromatic carbocycles. The lowest BCUT2D eigenvalue weighted by atomic mass is 9.84. The van der Waals surface area contributed by atoms with Crippen LogP contribution in [0.2, 0.25) is 0 Å². The van der Waals surface area contributed by atoms with Crippen LogP contribution in [0.25, 0.3) is 0 Å². The van der Waals surface area contributed by atoms with Gasteiger partial charge in [0.2, 0.25) is 15.9 Å². The number of benzene rings is 1. The summed E-state index contributed by atoms with van der Waals surface area (Å²) < 4.78 is 32.2. The van der Waals surface area contributed by atoms with Crippen LogP contribution in [0.15, 0.2) is 29.2 Å². The number of sulfonamides is 1. The van der Waals surface area contributed by atoms with Gasteiger partial charge in [-0.25, -0.2) is 8.42 Å². The molecule has 7 heteroatoms. The van der Waals surface area contributed by atoms with E-state index >= 15 is 0 Å². The van der Waals surface area contributed by atoms with E-state index in [4.69, 9.17) is 4.74 Å². The third kappa shape index (κ3) is 3.07. The first kappa shape index (κ1) is 16.3. The van der Waals surface area contributed by atoms with Gasteiger partial charge in [-0.3, -0.25) is 4.79 Å². The number of para-hydroxylation sites is 1. The Bertz CT molecular complexity index is 677. The van der Waals surface area contributed by atoms with Crippen LogP contribution in [0.5, 0.6) is 5.75 Å². The number of amides is 1. The van der Waals surface area contributed by atoms with Crippen molar-refractivity contribution in [2.45, 2.75) is 24.2 Å². The van der Waals surface area contributed by atoms with E-state index in [1.807, 2.05) is 0 Å². The van der Waals surface area contributed by atoms with Crippen molar-refractivity contribution in [3.8, 4) is 5.75 Å². The minimum Gasteiger partial charge on any atom is -0.495 e. The van der Waals surface area contributed by atoms with Crippen LogP contribution >= 0.6 is 0 Å². The second-order valence-corrected chi connectivity index (χ2v) is 7.91. The van der Waals surface area contributed by atoms with Crippen molar-refractivity contribution in [1.29, 1.82) is 0 Å². The number of rotatable bonds is 4. The average molecular weight is 338 g/mol. The zero-order valence-corrected chi connectivity index (χ0v) is 14.1. The van der Waals surface area contributed by atoms with Crippen molar-refractivity contribution in [2.24, 2.45) is 5.92 Å². The quantitative estimate of drug-likeness (QED) is 0.831. The maximum Gasteiger partial charge on any atom is 0.246 e. The van der Waals surface area contributed by atoms with Crippen molar-refractivity contribution >= 4 is 15.9 Å². The maximum absolute atomic E-state index is 12.8. The molecule has 1 saturated heterocycles. The molecule has 0 atom stereocenters. The van der Waals surface area contributed by atoms with Crippen molar-refractivity contribution in [3.63, 3.8) is 0 Å². The highest BCUT2D eigenvalue weighted by molar-refractivity contribution is 7.89. The summed E-state index contributed by atoms with van der Waals surface area (Å²) in [4.78, 5) is 14.2. The predicted molar refractivity (Wildman–Crippen MR) is 85.7 cm³/mol. The lowest BCUT2D eigenvalue weighted by molar-refractivity contribution is -0.139. The molecule has 2 fully saturated rings. The van der Waals surface area contributed by atoms with Crippen molar-refractivity contribution < 1.29 is 17.9 Å². The van der Waals surface area contributed by atoms with Crippen molar-refractivity contribution in [1.82, 2.24) is 9.21 Å². The number of carbonyl (C=O) groups is 1. The van der Waals surface area contributed by atoms with E-state index in [1.165, 1.54) is 11.4 Å².